The fourth-order valence-corrected chi connectivity index (χ4v) is 1.38. The highest BCUT2D eigenvalue weighted by Gasteiger charge is 2.31. The molecule has 0 saturated heterocycles. The van der Waals surface area contributed by atoms with E-state index in [0.29, 0.717) is 0 Å². The monoisotopic (exact) mass is 171 g/mol. The Morgan fingerprint density at radius 3 is 1.83 bits per heavy atom. The maximum atomic E-state index is 7.44. The number of hydrogen-bond acceptors (Lipinski definition) is 2. The van der Waals surface area contributed by atoms with Crippen molar-refractivity contribution < 1.29 is 0 Å². The summed E-state index contributed by atoms with van der Waals surface area (Å²) in [6.45, 7) is 8.39. The van der Waals surface area contributed by atoms with Gasteiger partial charge in [-0.15, -0.1) is 0 Å². The number of amidine groups is 1. The summed E-state index contributed by atoms with van der Waals surface area (Å²) in [7, 11) is 1.84. The molecular formula is C9H21N3. The van der Waals surface area contributed by atoms with Crippen LogP contribution in [0.1, 0.15) is 34.1 Å². The number of hydrogen-bond donors (Lipinski definition) is 3. The van der Waals surface area contributed by atoms with Crippen molar-refractivity contribution in [1.82, 2.24) is 5.32 Å². The van der Waals surface area contributed by atoms with Gasteiger partial charge in [0.1, 0.15) is 5.84 Å². The minimum Gasteiger partial charge on any atom is -0.386 e. The van der Waals surface area contributed by atoms with Crippen LogP contribution < -0.4 is 11.1 Å². The molecule has 0 amide bonds. The van der Waals surface area contributed by atoms with Gasteiger partial charge >= 0.3 is 0 Å². The molecule has 72 valence electrons. The van der Waals surface area contributed by atoms with Gasteiger partial charge in [-0.05, 0) is 25.8 Å². The zero-order chi connectivity index (χ0) is 9.99. The molecule has 0 aliphatic heterocycles. The largest absolute Gasteiger partial charge is 0.386 e. The molecule has 0 aliphatic rings. The molecule has 0 aromatic heterocycles. The van der Waals surface area contributed by atoms with E-state index < -0.39 is 0 Å². The Bertz CT molecular complexity index is 169. The Labute approximate surface area is 75.2 Å². The standard InChI is InChI=1S/C9H21N3/c1-8(2,3)6-9(4,12-5)7(10)11/h12H,6H2,1-5H3,(H3,10,11). The second-order valence-electron chi connectivity index (χ2n) is 4.73. The predicted molar refractivity (Wildman–Crippen MR) is 53.5 cm³/mol. The molecule has 0 rings (SSSR count). The van der Waals surface area contributed by atoms with Gasteiger partial charge in [0.15, 0.2) is 0 Å². The van der Waals surface area contributed by atoms with E-state index in [1.807, 2.05) is 14.0 Å². The first kappa shape index (κ1) is 11.4. The van der Waals surface area contributed by atoms with Crippen LogP contribution in [0.2, 0.25) is 0 Å². The van der Waals surface area contributed by atoms with Gasteiger partial charge < -0.3 is 11.1 Å². The van der Waals surface area contributed by atoms with E-state index in [4.69, 9.17) is 11.1 Å². The smallest absolute Gasteiger partial charge is 0.111 e. The fourth-order valence-electron chi connectivity index (χ4n) is 1.38. The quantitative estimate of drug-likeness (QED) is 0.443. The average Bonchev–Trinajstić information content (AvgIpc) is 1.83. The first-order valence-corrected chi connectivity index (χ1v) is 4.25. The Hall–Kier alpha value is -0.570. The summed E-state index contributed by atoms with van der Waals surface area (Å²) in [5.41, 5.74) is 5.33. The minimum absolute atomic E-state index is 0.184. The summed E-state index contributed by atoms with van der Waals surface area (Å²) in [6.07, 6.45) is 0.867. The van der Waals surface area contributed by atoms with Crippen LogP contribution in [0.4, 0.5) is 0 Å². The van der Waals surface area contributed by atoms with Crippen LogP contribution in [0.3, 0.4) is 0 Å². The molecule has 4 N–H and O–H groups in total. The first-order chi connectivity index (χ1) is 5.21. The van der Waals surface area contributed by atoms with E-state index in [1.54, 1.807) is 0 Å². The maximum absolute atomic E-state index is 7.44. The van der Waals surface area contributed by atoms with Crippen molar-refractivity contribution in [2.24, 2.45) is 11.1 Å². The molecule has 0 aliphatic carbocycles. The third-order valence-electron chi connectivity index (χ3n) is 2.03. The molecule has 1 unspecified atom stereocenters. The van der Waals surface area contributed by atoms with E-state index >= 15 is 0 Å². The molecule has 12 heavy (non-hydrogen) atoms. The normalized spacial score (nSPS) is 17.1. The molecule has 0 saturated carbocycles. The van der Waals surface area contributed by atoms with Crippen molar-refractivity contribution in [2.45, 2.75) is 39.7 Å². The van der Waals surface area contributed by atoms with Gasteiger partial charge in [0.25, 0.3) is 0 Å². The predicted octanol–water partition coefficient (Wildman–Crippen LogP) is 1.34. The molecule has 1 atom stereocenters. The Morgan fingerprint density at radius 1 is 1.33 bits per heavy atom. The summed E-state index contributed by atoms with van der Waals surface area (Å²) in [6, 6.07) is 0. The third-order valence-corrected chi connectivity index (χ3v) is 2.03. The third kappa shape index (κ3) is 3.22. The molecule has 0 bridgehead atoms. The molecule has 3 heteroatoms. The Kier molecular flexibility index (Phi) is 3.27. The summed E-state index contributed by atoms with van der Waals surface area (Å²) in [5, 5.41) is 10.5. The van der Waals surface area contributed by atoms with Gasteiger partial charge in [0.2, 0.25) is 0 Å². The van der Waals surface area contributed by atoms with Gasteiger partial charge in [-0.3, -0.25) is 5.41 Å². The lowest BCUT2D eigenvalue weighted by Crippen LogP contribution is -2.53. The van der Waals surface area contributed by atoms with E-state index in [0.717, 1.165) is 6.42 Å². The highest BCUT2D eigenvalue weighted by atomic mass is 15.0. The molecule has 0 spiro atoms. The molecule has 0 aromatic rings. The van der Waals surface area contributed by atoms with Crippen molar-refractivity contribution in [3.8, 4) is 0 Å². The fraction of sp³-hybridized carbons (Fsp3) is 0.889. The average molecular weight is 171 g/mol. The number of nitrogens with one attached hydrogen (secondary N) is 2. The molecule has 0 fully saturated rings. The van der Waals surface area contributed by atoms with Crippen LogP contribution >= 0.6 is 0 Å². The van der Waals surface area contributed by atoms with Crippen molar-refractivity contribution in [1.29, 1.82) is 5.41 Å². The van der Waals surface area contributed by atoms with Gasteiger partial charge in [0, 0.05) is 0 Å². The number of likely N-dealkylation sites (N-methyl/N-ethyl adjacent to an activating group) is 1. The molecular weight excluding hydrogens is 150 g/mol. The van der Waals surface area contributed by atoms with Crippen LogP contribution in [0.25, 0.3) is 0 Å². The van der Waals surface area contributed by atoms with Gasteiger partial charge in [-0.25, -0.2) is 0 Å². The highest BCUT2D eigenvalue weighted by Crippen LogP contribution is 2.26. The van der Waals surface area contributed by atoms with E-state index in [-0.39, 0.29) is 16.8 Å². The minimum atomic E-state index is -0.363. The van der Waals surface area contributed by atoms with Gasteiger partial charge in [-0.2, -0.15) is 0 Å². The second kappa shape index (κ2) is 3.44. The van der Waals surface area contributed by atoms with Crippen molar-refractivity contribution >= 4 is 5.84 Å². The highest BCUT2D eigenvalue weighted by molar-refractivity contribution is 5.86. The van der Waals surface area contributed by atoms with Crippen LogP contribution in [0.15, 0.2) is 0 Å². The summed E-state index contributed by atoms with van der Waals surface area (Å²) < 4.78 is 0. The zero-order valence-electron chi connectivity index (χ0n) is 8.78. The van der Waals surface area contributed by atoms with Crippen molar-refractivity contribution in [3.63, 3.8) is 0 Å². The molecule has 3 nitrogen and oxygen atoms in total. The van der Waals surface area contributed by atoms with Crippen LogP contribution in [0, 0.1) is 10.8 Å². The lowest BCUT2D eigenvalue weighted by Gasteiger charge is -2.34. The SMILES string of the molecule is CNC(C)(CC(C)(C)C)C(=N)N. The van der Waals surface area contributed by atoms with Crippen LogP contribution in [-0.4, -0.2) is 18.4 Å². The lowest BCUT2D eigenvalue weighted by atomic mass is 9.80. The second-order valence-corrected chi connectivity index (χ2v) is 4.73. The lowest BCUT2D eigenvalue weighted by molar-refractivity contribution is 0.290. The van der Waals surface area contributed by atoms with Crippen LogP contribution in [0.5, 0.6) is 0 Å². The summed E-state index contributed by atoms with van der Waals surface area (Å²) in [4.78, 5) is 0. The summed E-state index contributed by atoms with van der Waals surface area (Å²) >= 11 is 0. The Balaban J connectivity index is 4.46. The van der Waals surface area contributed by atoms with Gasteiger partial charge in [-0.1, -0.05) is 20.8 Å². The van der Waals surface area contributed by atoms with E-state index in [1.165, 1.54) is 0 Å². The van der Waals surface area contributed by atoms with E-state index in [9.17, 15) is 0 Å². The maximum Gasteiger partial charge on any atom is 0.111 e. The van der Waals surface area contributed by atoms with Crippen LogP contribution in [-0.2, 0) is 0 Å². The number of nitrogens with two attached hydrogens (primary N) is 1. The molecule has 0 aromatic carbocycles. The van der Waals surface area contributed by atoms with Gasteiger partial charge in [0.05, 0.1) is 5.54 Å². The van der Waals surface area contributed by atoms with Crippen molar-refractivity contribution in [2.75, 3.05) is 7.05 Å². The molecule has 0 heterocycles. The summed E-state index contributed by atoms with van der Waals surface area (Å²) in [5.74, 6) is 0.208. The zero-order valence-corrected chi connectivity index (χ0v) is 8.78. The number of rotatable bonds is 3. The first-order valence-electron chi connectivity index (χ1n) is 4.25. The molecule has 0 radical (unpaired) electrons. The van der Waals surface area contributed by atoms with E-state index in [2.05, 4.69) is 26.1 Å². The van der Waals surface area contributed by atoms with Crippen molar-refractivity contribution in [3.05, 3.63) is 0 Å². The topological polar surface area (TPSA) is 61.9 Å². The Morgan fingerprint density at radius 2 is 1.75 bits per heavy atom.